The topological polar surface area (TPSA) is 145 Å². The van der Waals surface area contributed by atoms with Crippen molar-refractivity contribution in [1.29, 1.82) is 0 Å². The van der Waals surface area contributed by atoms with E-state index >= 15 is 0 Å². The van der Waals surface area contributed by atoms with Crippen LogP contribution in [0.1, 0.15) is 43.1 Å². The first-order valence-corrected chi connectivity index (χ1v) is 18.0. The molecule has 1 saturated heterocycles. The molecule has 12 nitrogen and oxygen atoms in total. The fourth-order valence-electron chi connectivity index (χ4n) is 7.19. The number of nitrogens with zero attached hydrogens (tertiary/aromatic N) is 5. The van der Waals surface area contributed by atoms with Crippen molar-refractivity contribution in [3.63, 3.8) is 0 Å². The Hall–Kier alpha value is -4.83. The molecule has 2 amide bonds. The van der Waals surface area contributed by atoms with E-state index in [1.165, 1.54) is 0 Å². The van der Waals surface area contributed by atoms with Gasteiger partial charge in [-0.15, -0.1) is 0 Å². The van der Waals surface area contributed by atoms with Crippen LogP contribution in [0.3, 0.4) is 0 Å². The molecule has 0 spiro atoms. The average Bonchev–Trinajstić information content (AvgIpc) is 3.67. The van der Waals surface area contributed by atoms with Crippen molar-refractivity contribution < 1.29 is 37.7 Å². The minimum Gasteiger partial charge on any atom is -0.490 e. The molecule has 5 atom stereocenters. The van der Waals surface area contributed by atoms with Gasteiger partial charge in [0, 0.05) is 50.1 Å². The number of aromatic nitrogens is 3. The Morgan fingerprint density at radius 3 is 2.52 bits per heavy atom. The molecule has 0 aliphatic carbocycles. The highest BCUT2D eigenvalue weighted by Crippen LogP contribution is 2.33. The highest BCUT2D eigenvalue weighted by Gasteiger charge is 2.42. The number of fused-ring (bicyclic) bond motifs is 1. The molecule has 288 valence electrons. The van der Waals surface area contributed by atoms with Crippen LogP contribution in [0.2, 0.25) is 0 Å². The van der Waals surface area contributed by atoms with Crippen LogP contribution in [-0.4, -0.2) is 110 Å². The zero-order chi connectivity index (χ0) is 38.5. The second-order valence-corrected chi connectivity index (χ2v) is 14.4. The van der Waals surface area contributed by atoms with E-state index in [2.05, 4.69) is 10.3 Å². The van der Waals surface area contributed by atoms with E-state index in [0.717, 1.165) is 11.3 Å². The molecule has 0 radical (unpaired) electrons. The number of halogens is 3. The number of amides is 2. The number of carbonyl (C=O) groups is 2. The van der Waals surface area contributed by atoms with Gasteiger partial charge in [0.05, 0.1) is 35.3 Å². The summed E-state index contributed by atoms with van der Waals surface area (Å²) < 4.78 is 47.0. The van der Waals surface area contributed by atoms with Gasteiger partial charge in [-0.05, 0) is 56.5 Å². The third kappa shape index (κ3) is 9.45. The summed E-state index contributed by atoms with van der Waals surface area (Å²) in [6.07, 6.45) is -1.30. The Balaban J connectivity index is 1.18. The van der Waals surface area contributed by atoms with Crippen molar-refractivity contribution in [3.8, 4) is 11.4 Å². The zero-order valence-electron chi connectivity index (χ0n) is 30.2. The maximum Gasteiger partial charge on any atom is 0.405 e. The van der Waals surface area contributed by atoms with Crippen molar-refractivity contribution in [2.75, 3.05) is 39.3 Å². The maximum absolute atomic E-state index is 14.0. The third-order valence-electron chi connectivity index (χ3n) is 10.2. The smallest absolute Gasteiger partial charge is 0.405 e. The van der Waals surface area contributed by atoms with Gasteiger partial charge >= 0.3 is 6.18 Å². The number of alkyl halides is 3. The van der Waals surface area contributed by atoms with Crippen molar-refractivity contribution >= 4 is 11.8 Å². The number of pyridine rings is 1. The number of benzene rings is 2. The molecule has 15 heteroatoms. The highest BCUT2D eigenvalue weighted by atomic mass is 19.4. The number of nitrogens with one attached hydrogen (secondary N) is 2. The second-order valence-electron chi connectivity index (χ2n) is 14.4. The third-order valence-corrected chi connectivity index (χ3v) is 10.2. The van der Waals surface area contributed by atoms with Gasteiger partial charge in [-0.3, -0.25) is 24.4 Å². The van der Waals surface area contributed by atoms with E-state index in [9.17, 15) is 33.0 Å². The highest BCUT2D eigenvalue weighted by molar-refractivity contribution is 5.82. The lowest BCUT2D eigenvalue weighted by Gasteiger charge is -2.47. The summed E-state index contributed by atoms with van der Waals surface area (Å²) in [6, 6.07) is 20.2. The molecule has 2 aromatic heterocycles. The van der Waals surface area contributed by atoms with E-state index in [-0.39, 0.29) is 45.0 Å². The number of carbonyl (C=O) groups excluding carboxylic acids is 2. The first-order chi connectivity index (χ1) is 25.8. The quantitative estimate of drug-likeness (QED) is 0.162. The van der Waals surface area contributed by atoms with E-state index in [1.807, 2.05) is 66.5 Å². The maximum atomic E-state index is 14.0. The fraction of sp³-hybridized carbons (Fsp3) is 0.436. The van der Waals surface area contributed by atoms with Gasteiger partial charge in [0.15, 0.2) is 0 Å². The van der Waals surface area contributed by atoms with Crippen LogP contribution in [0, 0.1) is 5.92 Å². The molecule has 4 heterocycles. The van der Waals surface area contributed by atoms with E-state index < -0.39 is 54.4 Å². The summed E-state index contributed by atoms with van der Waals surface area (Å²) >= 11 is 0. The lowest BCUT2D eigenvalue weighted by molar-refractivity contribution is -0.144. The SMILES string of the molecule is CC(C)(c1ccn(-c2cccnc2)n1)N1CCN(C[C@@H](O)C[C@@H](Cc2ccccc2)C(=O)N[C@H]2c3ccccc3OC[C@H]2O)[C@H](C(=O)NCC(F)(F)F)C1. The largest absolute Gasteiger partial charge is 0.490 e. The molecular weight excluding hydrogens is 703 g/mol. The number of para-hydroxylation sites is 1. The molecule has 54 heavy (non-hydrogen) atoms. The average molecular weight is 750 g/mol. The minimum absolute atomic E-state index is 0.000901. The molecule has 6 rings (SSSR count). The van der Waals surface area contributed by atoms with Gasteiger partial charge in [0.1, 0.15) is 31.0 Å². The minimum atomic E-state index is -4.61. The Morgan fingerprint density at radius 1 is 1.02 bits per heavy atom. The molecule has 2 aliphatic heterocycles. The van der Waals surface area contributed by atoms with Gasteiger partial charge in [0.2, 0.25) is 11.8 Å². The summed E-state index contributed by atoms with van der Waals surface area (Å²) in [7, 11) is 0. The number of hydrogen-bond donors (Lipinski definition) is 4. The molecular formula is C39H46F3N7O5. The van der Waals surface area contributed by atoms with Crippen LogP contribution in [-0.2, 0) is 21.5 Å². The molecule has 2 aliphatic rings. The lowest BCUT2D eigenvalue weighted by atomic mass is 9.90. The molecule has 0 bridgehead atoms. The van der Waals surface area contributed by atoms with E-state index in [0.29, 0.717) is 23.6 Å². The Labute approximate surface area is 311 Å². The van der Waals surface area contributed by atoms with Gasteiger partial charge in [-0.2, -0.15) is 18.3 Å². The van der Waals surface area contributed by atoms with Crippen molar-refractivity contribution in [2.45, 2.75) is 62.7 Å². The lowest BCUT2D eigenvalue weighted by Crippen LogP contribution is -2.63. The van der Waals surface area contributed by atoms with Gasteiger partial charge in [0.25, 0.3) is 0 Å². The standard InChI is InChI=1S/C39H46F3N7O5/c1-38(2,34-14-16-49(46-34)28-11-8-15-43-21-28)48-18-17-47(31(23-48)37(53)44-25-39(40,41)42)22-29(50)20-27(19-26-9-4-3-5-10-26)36(52)45-35-30-12-6-7-13-33(30)54-24-32(35)51/h3-16,21,27,29,31-32,35,50-51H,17-20,22-25H2,1-2H3,(H,44,53)(H,45,52)/t27-,29+,31+,32-,35+/m1/s1. The molecule has 0 saturated carbocycles. The van der Waals surface area contributed by atoms with Crippen molar-refractivity contribution in [3.05, 3.63) is 108 Å². The number of piperazine rings is 1. The van der Waals surface area contributed by atoms with Crippen LogP contribution < -0.4 is 15.4 Å². The fourth-order valence-corrected chi connectivity index (χ4v) is 7.19. The first kappa shape index (κ1) is 38.9. The summed E-state index contributed by atoms with van der Waals surface area (Å²) in [5.41, 5.74) is 2.24. The van der Waals surface area contributed by atoms with Crippen molar-refractivity contribution in [1.82, 2.24) is 35.2 Å². The number of aliphatic hydroxyl groups is 2. The molecule has 1 fully saturated rings. The van der Waals surface area contributed by atoms with Crippen LogP contribution in [0.25, 0.3) is 5.69 Å². The Kier molecular flexibility index (Phi) is 12.0. The zero-order valence-corrected chi connectivity index (χ0v) is 30.2. The van der Waals surface area contributed by atoms with E-state index in [4.69, 9.17) is 9.84 Å². The van der Waals surface area contributed by atoms with Crippen LogP contribution in [0.15, 0.2) is 91.4 Å². The first-order valence-electron chi connectivity index (χ1n) is 18.0. The van der Waals surface area contributed by atoms with Gasteiger partial charge in [-0.1, -0.05) is 48.5 Å². The van der Waals surface area contributed by atoms with Gasteiger partial charge in [-0.25, -0.2) is 4.68 Å². The van der Waals surface area contributed by atoms with Crippen molar-refractivity contribution in [2.24, 2.45) is 5.92 Å². The number of ether oxygens (including phenoxy) is 1. The van der Waals surface area contributed by atoms with Gasteiger partial charge < -0.3 is 25.6 Å². The van der Waals surface area contributed by atoms with Crippen LogP contribution in [0.5, 0.6) is 5.75 Å². The Morgan fingerprint density at radius 2 is 1.78 bits per heavy atom. The summed E-state index contributed by atoms with van der Waals surface area (Å²) in [4.78, 5) is 35.3. The van der Waals surface area contributed by atoms with Crippen LogP contribution >= 0.6 is 0 Å². The summed E-state index contributed by atoms with van der Waals surface area (Å²) in [6.45, 7) is 3.09. The number of rotatable bonds is 13. The molecule has 0 unspecified atom stereocenters. The Bertz CT molecular complexity index is 1860. The monoisotopic (exact) mass is 749 g/mol. The predicted molar refractivity (Wildman–Crippen MR) is 193 cm³/mol. The number of aliphatic hydroxyl groups excluding tert-OH is 2. The predicted octanol–water partition coefficient (Wildman–Crippen LogP) is 3.39. The van der Waals surface area contributed by atoms with Crippen LogP contribution in [0.4, 0.5) is 13.2 Å². The summed E-state index contributed by atoms with van der Waals surface area (Å²) in [5.74, 6) is -1.37. The summed E-state index contributed by atoms with van der Waals surface area (Å²) in [5, 5.41) is 32.1. The van der Waals surface area contributed by atoms with E-state index in [1.54, 1.807) is 58.5 Å². The molecule has 2 aromatic carbocycles. The second kappa shape index (κ2) is 16.7. The number of β-amino-alcohol motifs (C(OH)–C–C–N with tert-alkyl or cyclic N) is 1. The molecule has 4 N–H and O–H groups in total. The number of hydrogen-bond acceptors (Lipinski definition) is 9. The molecule has 4 aromatic rings. The normalized spacial score (nSPS) is 20.7.